The van der Waals surface area contributed by atoms with Crippen LogP contribution in [0.5, 0.6) is 17.2 Å². The van der Waals surface area contributed by atoms with Crippen LogP contribution in [0.2, 0.25) is 0 Å². The van der Waals surface area contributed by atoms with Crippen LogP contribution in [0.25, 0.3) is 11.6 Å². The van der Waals surface area contributed by atoms with Crippen molar-refractivity contribution in [3.05, 3.63) is 65.7 Å². The molecule has 2 aromatic carbocycles. The monoisotopic (exact) mass is 477 g/mol. The summed E-state index contributed by atoms with van der Waals surface area (Å²) in [6.45, 7) is 6.33. The largest absolute Gasteiger partial charge is 0.497 e. The van der Waals surface area contributed by atoms with Crippen molar-refractivity contribution in [1.82, 2.24) is 0 Å². The Hall–Kier alpha value is -3.72. The molecule has 6 heteroatoms. The van der Waals surface area contributed by atoms with E-state index in [0.717, 1.165) is 55.4 Å². The van der Waals surface area contributed by atoms with Crippen LogP contribution in [0.3, 0.4) is 0 Å². The Morgan fingerprint density at radius 2 is 1.46 bits per heavy atom. The van der Waals surface area contributed by atoms with E-state index in [2.05, 4.69) is 12.6 Å². The molecular weight excluding hydrogens is 442 g/mol. The second-order valence-electron chi connectivity index (χ2n) is 8.23. The number of ether oxygens (including phenoxy) is 4. The van der Waals surface area contributed by atoms with E-state index >= 15 is 0 Å². The number of nitriles is 1. The molecule has 0 saturated heterocycles. The summed E-state index contributed by atoms with van der Waals surface area (Å²) in [7, 11) is 3.19. The van der Waals surface area contributed by atoms with E-state index in [0.29, 0.717) is 35.9 Å². The van der Waals surface area contributed by atoms with Gasteiger partial charge in [-0.15, -0.1) is 0 Å². The summed E-state index contributed by atoms with van der Waals surface area (Å²) in [5.41, 5.74) is 2.62. The topological polar surface area (TPSA) is 77.8 Å². The first-order chi connectivity index (χ1) is 17.0. The van der Waals surface area contributed by atoms with Crippen LogP contribution >= 0.6 is 0 Å². The van der Waals surface area contributed by atoms with Crippen LogP contribution in [0.15, 0.2) is 54.6 Å². The molecule has 35 heavy (non-hydrogen) atoms. The Kier molecular flexibility index (Phi) is 12.0. The molecule has 0 saturated carbocycles. The number of carbonyl (C=O) groups is 1. The van der Waals surface area contributed by atoms with Gasteiger partial charge in [-0.1, -0.05) is 32.3 Å². The van der Waals surface area contributed by atoms with Gasteiger partial charge in [0.05, 0.1) is 39.1 Å². The van der Waals surface area contributed by atoms with Crippen molar-refractivity contribution in [3.63, 3.8) is 0 Å². The molecule has 0 spiro atoms. The van der Waals surface area contributed by atoms with Gasteiger partial charge in [-0.05, 0) is 73.4 Å². The highest BCUT2D eigenvalue weighted by atomic mass is 16.5. The number of benzene rings is 2. The molecule has 0 heterocycles. The maximum Gasteiger partial charge on any atom is 0.333 e. The first kappa shape index (κ1) is 27.5. The second kappa shape index (κ2) is 15.2. The number of carbonyl (C=O) groups excluding carboxylic acids is 1. The summed E-state index contributed by atoms with van der Waals surface area (Å²) >= 11 is 0. The predicted molar refractivity (Wildman–Crippen MR) is 138 cm³/mol. The predicted octanol–water partition coefficient (Wildman–Crippen LogP) is 6.61. The third-order valence-electron chi connectivity index (χ3n) is 5.36. The Bertz CT molecular complexity index is 1010. The molecule has 0 amide bonds. The van der Waals surface area contributed by atoms with E-state index in [-0.39, 0.29) is 5.97 Å². The van der Waals surface area contributed by atoms with Crippen LogP contribution < -0.4 is 14.2 Å². The minimum Gasteiger partial charge on any atom is -0.497 e. The first-order valence-corrected chi connectivity index (χ1v) is 11.9. The fourth-order valence-electron chi connectivity index (χ4n) is 3.38. The van der Waals surface area contributed by atoms with E-state index in [1.54, 1.807) is 27.2 Å². The minimum absolute atomic E-state index is 0.312. The number of esters is 1. The van der Waals surface area contributed by atoms with Gasteiger partial charge in [-0.3, -0.25) is 0 Å². The molecule has 0 unspecified atom stereocenters. The standard InChI is InChI=1S/C29H35NO5/c1-22(2)29(31)35-16-10-8-6-5-7-9-15-34-26-13-11-24(12-14-26)25(21-30)17-23-18-27(32-3)20-28(19-23)33-4/h11-14,17-20H,1,5-10,15-16H2,2-4H3/b25-17+. The van der Waals surface area contributed by atoms with Crippen molar-refractivity contribution < 1.29 is 23.7 Å². The molecule has 0 aliphatic heterocycles. The molecular formula is C29H35NO5. The van der Waals surface area contributed by atoms with Gasteiger partial charge in [0, 0.05) is 11.6 Å². The lowest BCUT2D eigenvalue weighted by atomic mass is 10.0. The van der Waals surface area contributed by atoms with Crippen LogP contribution in [-0.2, 0) is 9.53 Å². The first-order valence-electron chi connectivity index (χ1n) is 11.9. The molecule has 186 valence electrons. The molecule has 0 bridgehead atoms. The van der Waals surface area contributed by atoms with Gasteiger partial charge in [0.15, 0.2) is 0 Å². The van der Waals surface area contributed by atoms with Gasteiger partial charge in [0.2, 0.25) is 0 Å². The molecule has 6 nitrogen and oxygen atoms in total. The summed E-state index contributed by atoms with van der Waals surface area (Å²) in [5, 5.41) is 9.66. The van der Waals surface area contributed by atoms with Crippen LogP contribution in [0.4, 0.5) is 0 Å². The highest BCUT2D eigenvalue weighted by Crippen LogP contribution is 2.26. The van der Waals surface area contributed by atoms with Gasteiger partial charge >= 0.3 is 5.97 Å². The normalized spacial score (nSPS) is 10.9. The lowest BCUT2D eigenvalue weighted by Gasteiger charge is -2.08. The zero-order valence-corrected chi connectivity index (χ0v) is 21.0. The van der Waals surface area contributed by atoms with Gasteiger partial charge in [0.1, 0.15) is 17.2 Å². The smallest absolute Gasteiger partial charge is 0.333 e. The molecule has 2 aromatic rings. The zero-order chi connectivity index (χ0) is 25.5. The van der Waals surface area contributed by atoms with Gasteiger partial charge in [-0.2, -0.15) is 5.26 Å². The molecule has 0 radical (unpaired) electrons. The Morgan fingerprint density at radius 1 is 0.886 bits per heavy atom. The zero-order valence-electron chi connectivity index (χ0n) is 21.0. The average molecular weight is 478 g/mol. The second-order valence-corrected chi connectivity index (χ2v) is 8.23. The van der Waals surface area contributed by atoms with Crippen molar-refractivity contribution in [2.75, 3.05) is 27.4 Å². The van der Waals surface area contributed by atoms with Gasteiger partial charge < -0.3 is 18.9 Å². The third-order valence-corrected chi connectivity index (χ3v) is 5.36. The van der Waals surface area contributed by atoms with Gasteiger partial charge in [0.25, 0.3) is 0 Å². The van der Waals surface area contributed by atoms with Crippen LogP contribution in [-0.4, -0.2) is 33.4 Å². The summed E-state index contributed by atoms with van der Waals surface area (Å²) in [6, 6.07) is 15.3. The minimum atomic E-state index is -0.312. The highest BCUT2D eigenvalue weighted by Gasteiger charge is 2.06. The van der Waals surface area contributed by atoms with E-state index in [9.17, 15) is 10.1 Å². The Balaban J connectivity index is 1.73. The average Bonchev–Trinajstić information content (AvgIpc) is 2.88. The van der Waals surface area contributed by atoms with E-state index in [4.69, 9.17) is 18.9 Å². The van der Waals surface area contributed by atoms with Crippen molar-refractivity contribution in [2.24, 2.45) is 0 Å². The van der Waals surface area contributed by atoms with E-state index < -0.39 is 0 Å². The van der Waals surface area contributed by atoms with Crippen molar-refractivity contribution in [1.29, 1.82) is 5.26 Å². The summed E-state index contributed by atoms with van der Waals surface area (Å²) < 4.78 is 21.5. The highest BCUT2D eigenvalue weighted by molar-refractivity contribution is 5.90. The summed E-state index contributed by atoms with van der Waals surface area (Å²) in [4.78, 5) is 11.3. The van der Waals surface area contributed by atoms with Crippen LogP contribution in [0, 0.1) is 11.3 Å². The number of hydrogen-bond acceptors (Lipinski definition) is 6. The summed E-state index contributed by atoms with van der Waals surface area (Å²) in [5.74, 6) is 1.81. The number of rotatable bonds is 15. The third kappa shape index (κ3) is 9.97. The fraction of sp³-hybridized carbons (Fsp3) is 0.379. The maximum absolute atomic E-state index is 11.3. The quantitative estimate of drug-likeness (QED) is 0.0945. The SMILES string of the molecule is C=C(C)C(=O)OCCCCCCCCOc1ccc(/C(C#N)=C/c2cc(OC)cc(OC)c2)cc1. The molecule has 0 N–H and O–H groups in total. The van der Waals surface area contributed by atoms with Crippen LogP contribution in [0.1, 0.15) is 56.6 Å². The number of hydrogen-bond donors (Lipinski definition) is 0. The Labute approximate surface area is 208 Å². The number of unbranched alkanes of at least 4 members (excludes halogenated alkanes) is 5. The molecule has 2 rings (SSSR count). The lowest BCUT2D eigenvalue weighted by Crippen LogP contribution is -2.06. The number of methoxy groups -OCH3 is 2. The van der Waals surface area contributed by atoms with E-state index in [1.165, 1.54) is 0 Å². The van der Waals surface area contributed by atoms with Crippen molar-refractivity contribution in [2.45, 2.75) is 45.4 Å². The fourth-order valence-corrected chi connectivity index (χ4v) is 3.38. The molecule has 0 aromatic heterocycles. The summed E-state index contributed by atoms with van der Waals surface area (Å²) in [6.07, 6.45) is 8.05. The number of allylic oxidation sites excluding steroid dienone is 1. The van der Waals surface area contributed by atoms with Gasteiger partial charge in [-0.25, -0.2) is 4.79 Å². The lowest BCUT2D eigenvalue weighted by molar-refractivity contribution is -0.139. The molecule has 0 aliphatic carbocycles. The molecule has 0 atom stereocenters. The molecule has 0 aliphatic rings. The number of nitrogens with zero attached hydrogens (tertiary/aromatic N) is 1. The Morgan fingerprint density at radius 3 is 2.00 bits per heavy atom. The van der Waals surface area contributed by atoms with E-state index in [1.807, 2.05) is 42.5 Å². The molecule has 0 fully saturated rings. The van der Waals surface area contributed by atoms with Crippen molar-refractivity contribution in [3.8, 4) is 23.3 Å². The van der Waals surface area contributed by atoms with Crippen molar-refractivity contribution >= 4 is 17.6 Å². The maximum atomic E-state index is 11.3.